The molecule has 1 aromatic rings. The van der Waals surface area contributed by atoms with Crippen molar-refractivity contribution in [3.63, 3.8) is 0 Å². The molecule has 0 fully saturated rings. The molecule has 0 aliphatic carbocycles. The molecule has 0 atom stereocenters. The minimum Gasteiger partial charge on any atom is -0.469 e. The molecule has 1 aromatic heterocycles. The third-order valence-corrected chi connectivity index (χ3v) is 3.61. The van der Waals surface area contributed by atoms with Gasteiger partial charge in [-0.2, -0.15) is 23.5 Å². The fourth-order valence-corrected chi connectivity index (χ4v) is 2.03. The summed E-state index contributed by atoms with van der Waals surface area (Å²) in [6.07, 6.45) is 6.79. The maximum Gasteiger partial charge on any atom is 0.191 e. The number of rotatable bonds is 9. The fourth-order valence-electron chi connectivity index (χ4n) is 1.45. The van der Waals surface area contributed by atoms with Crippen LogP contribution in [0.3, 0.4) is 0 Å². The molecule has 0 aliphatic heterocycles. The number of hydrogen-bond acceptors (Lipinski definition) is 4. The highest BCUT2D eigenvalue weighted by atomic mass is 32.2. The van der Waals surface area contributed by atoms with E-state index in [-0.39, 0.29) is 0 Å². The van der Waals surface area contributed by atoms with Crippen LogP contribution in [0.25, 0.3) is 0 Å². The van der Waals surface area contributed by atoms with Gasteiger partial charge in [-0.25, -0.2) is 0 Å². The molecule has 0 saturated heterocycles. The molecule has 0 radical (unpaired) electrons. The predicted molar refractivity (Wildman–Crippen MR) is 87.5 cm³/mol. The van der Waals surface area contributed by atoms with E-state index in [1.165, 1.54) is 0 Å². The summed E-state index contributed by atoms with van der Waals surface area (Å²) in [6, 6.07) is 3.91. The van der Waals surface area contributed by atoms with Crippen molar-refractivity contribution < 1.29 is 4.42 Å². The lowest BCUT2D eigenvalue weighted by Gasteiger charge is -2.11. The fraction of sp³-hybridized carbons (Fsp3) is 0.615. The molecule has 4 nitrogen and oxygen atoms in total. The van der Waals surface area contributed by atoms with Crippen LogP contribution in [-0.2, 0) is 6.42 Å². The Balaban J connectivity index is 2.28. The topological polar surface area (TPSA) is 49.6 Å². The molecule has 2 N–H and O–H groups in total. The van der Waals surface area contributed by atoms with Crippen molar-refractivity contribution in [2.24, 2.45) is 4.99 Å². The van der Waals surface area contributed by atoms with E-state index in [1.54, 1.807) is 6.26 Å². The Morgan fingerprint density at radius 3 is 2.68 bits per heavy atom. The number of nitrogens with one attached hydrogen (secondary N) is 2. The molecule has 6 heteroatoms. The quantitative estimate of drug-likeness (QED) is 0.415. The second-order valence-corrected chi connectivity index (χ2v) is 5.87. The van der Waals surface area contributed by atoms with E-state index in [2.05, 4.69) is 28.1 Å². The van der Waals surface area contributed by atoms with E-state index >= 15 is 0 Å². The predicted octanol–water partition coefficient (Wildman–Crippen LogP) is 2.08. The summed E-state index contributed by atoms with van der Waals surface area (Å²) < 4.78 is 5.31. The molecule has 0 aliphatic rings. The average Bonchev–Trinajstić information content (AvgIpc) is 2.92. The minimum atomic E-state index is 0.831. The van der Waals surface area contributed by atoms with Gasteiger partial charge in [-0.3, -0.25) is 4.99 Å². The Morgan fingerprint density at radius 1 is 1.21 bits per heavy atom. The van der Waals surface area contributed by atoms with E-state index in [1.807, 2.05) is 35.7 Å². The average molecular weight is 301 g/mol. The lowest BCUT2D eigenvalue weighted by molar-refractivity contribution is 0.507. The van der Waals surface area contributed by atoms with Crippen LogP contribution in [0.5, 0.6) is 0 Å². The summed E-state index contributed by atoms with van der Waals surface area (Å²) in [7, 11) is 0. The number of nitrogens with zero attached hydrogens (tertiary/aromatic N) is 1. The van der Waals surface area contributed by atoms with Gasteiger partial charge < -0.3 is 15.1 Å². The highest BCUT2D eigenvalue weighted by Gasteiger charge is 1.99. The first-order valence-corrected chi connectivity index (χ1v) is 9.18. The maximum atomic E-state index is 5.31. The standard InChI is InChI=1S/C13H23N3OS2/c1-18-10-7-15-13(16-8-11-19-2)14-6-5-12-4-3-9-17-12/h3-4,9H,5-8,10-11H2,1-2H3,(H2,14,15,16). The van der Waals surface area contributed by atoms with Gasteiger partial charge in [0, 0.05) is 31.0 Å². The van der Waals surface area contributed by atoms with Crippen LogP contribution in [0, 0.1) is 0 Å². The summed E-state index contributed by atoms with van der Waals surface area (Å²) in [4.78, 5) is 4.54. The molecular weight excluding hydrogens is 278 g/mol. The van der Waals surface area contributed by atoms with E-state index in [9.17, 15) is 0 Å². The van der Waals surface area contributed by atoms with Crippen LogP contribution in [0.2, 0.25) is 0 Å². The Morgan fingerprint density at radius 2 is 2.00 bits per heavy atom. The van der Waals surface area contributed by atoms with Crippen molar-refractivity contribution in [1.29, 1.82) is 0 Å². The first kappa shape index (κ1) is 16.3. The van der Waals surface area contributed by atoms with Crippen LogP contribution in [0.1, 0.15) is 5.76 Å². The second-order valence-electron chi connectivity index (χ2n) is 3.90. The Kier molecular flexibility index (Phi) is 9.53. The zero-order valence-corrected chi connectivity index (χ0v) is 13.3. The number of aliphatic imine (C=N–C) groups is 1. The van der Waals surface area contributed by atoms with Crippen molar-refractivity contribution in [1.82, 2.24) is 10.6 Å². The van der Waals surface area contributed by atoms with Gasteiger partial charge in [-0.05, 0) is 24.6 Å². The monoisotopic (exact) mass is 301 g/mol. The third kappa shape index (κ3) is 8.10. The maximum absolute atomic E-state index is 5.31. The first-order chi connectivity index (χ1) is 9.36. The summed E-state index contributed by atoms with van der Waals surface area (Å²) in [5, 5.41) is 6.67. The van der Waals surface area contributed by atoms with Crippen LogP contribution < -0.4 is 10.6 Å². The number of thioether (sulfide) groups is 2. The normalized spacial score (nSPS) is 11.6. The summed E-state index contributed by atoms with van der Waals surface area (Å²) >= 11 is 3.64. The summed E-state index contributed by atoms with van der Waals surface area (Å²) in [5.41, 5.74) is 0. The molecular formula is C13H23N3OS2. The molecule has 0 saturated carbocycles. The van der Waals surface area contributed by atoms with Gasteiger partial charge in [0.15, 0.2) is 5.96 Å². The van der Waals surface area contributed by atoms with Crippen LogP contribution >= 0.6 is 23.5 Å². The Labute approximate surface area is 124 Å². The van der Waals surface area contributed by atoms with Crippen LogP contribution in [0.15, 0.2) is 27.8 Å². The SMILES string of the molecule is CSCCN=C(NCCSC)NCCc1ccco1. The molecule has 1 heterocycles. The van der Waals surface area contributed by atoms with E-state index in [0.29, 0.717) is 0 Å². The summed E-state index contributed by atoms with van der Waals surface area (Å²) in [5.74, 6) is 4.03. The molecule has 0 aromatic carbocycles. The molecule has 0 unspecified atom stereocenters. The van der Waals surface area contributed by atoms with Gasteiger partial charge in [-0.15, -0.1) is 0 Å². The smallest absolute Gasteiger partial charge is 0.191 e. The molecule has 0 bridgehead atoms. The third-order valence-electron chi connectivity index (χ3n) is 2.41. The zero-order valence-electron chi connectivity index (χ0n) is 11.6. The number of guanidine groups is 1. The number of furan rings is 1. The largest absolute Gasteiger partial charge is 0.469 e. The van der Waals surface area contributed by atoms with Gasteiger partial charge in [0.2, 0.25) is 0 Å². The van der Waals surface area contributed by atoms with Gasteiger partial charge in [0.1, 0.15) is 5.76 Å². The van der Waals surface area contributed by atoms with Gasteiger partial charge in [-0.1, -0.05) is 0 Å². The van der Waals surface area contributed by atoms with Gasteiger partial charge in [0.25, 0.3) is 0 Å². The molecule has 1 rings (SSSR count). The second kappa shape index (κ2) is 11.1. The molecule has 0 amide bonds. The number of hydrogen-bond donors (Lipinski definition) is 2. The zero-order chi connectivity index (χ0) is 13.8. The van der Waals surface area contributed by atoms with E-state index in [4.69, 9.17) is 4.42 Å². The van der Waals surface area contributed by atoms with Crippen molar-refractivity contribution in [3.05, 3.63) is 24.2 Å². The highest BCUT2D eigenvalue weighted by Crippen LogP contribution is 1.99. The lowest BCUT2D eigenvalue weighted by Crippen LogP contribution is -2.39. The molecule has 108 valence electrons. The highest BCUT2D eigenvalue weighted by molar-refractivity contribution is 7.98. The van der Waals surface area contributed by atoms with Crippen LogP contribution in [0.4, 0.5) is 0 Å². The Hall–Kier alpha value is -0.750. The van der Waals surface area contributed by atoms with Crippen molar-refractivity contribution >= 4 is 29.5 Å². The molecule has 19 heavy (non-hydrogen) atoms. The Bertz CT molecular complexity index is 342. The van der Waals surface area contributed by atoms with Gasteiger partial charge >= 0.3 is 0 Å². The van der Waals surface area contributed by atoms with E-state index in [0.717, 1.165) is 49.3 Å². The minimum absolute atomic E-state index is 0.831. The van der Waals surface area contributed by atoms with Crippen molar-refractivity contribution in [2.45, 2.75) is 6.42 Å². The summed E-state index contributed by atoms with van der Waals surface area (Å²) in [6.45, 7) is 2.61. The molecule has 0 spiro atoms. The van der Waals surface area contributed by atoms with E-state index < -0.39 is 0 Å². The van der Waals surface area contributed by atoms with Crippen molar-refractivity contribution in [2.75, 3.05) is 43.7 Å². The first-order valence-electron chi connectivity index (χ1n) is 6.39. The van der Waals surface area contributed by atoms with Gasteiger partial charge in [0.05, 0.1) is 12.8 Å². The lowest BCUT2D eigenvalue weighted by atomic mass is 10.3. The van der Waals surface area contributed by atoms with Crippen LogP contribution in [-0.4, -0.2) is 49.6 Å². The van der Waals surface area contributed by atoms with Crippen molar-refractivity contribution in [3.8, 4) is 0 Å².